The van der Waals surface area contributed by atoms with Crippen LogP contribution in [0.25, 0.3) is 11.3 Å². The van der Waals surface area contributed by atoms with Crippen molar-refractivity contribution in [2.24, 2.45) is 14.1 Å². The smallest absolute Gasteiger partial charge is 0.0986 e. The summed E-state index contributed by atoms with van der Waals surface area (Å²) in [6, 6.07) is 4.40. The molecule has 5 heteroatoms. The van der Waals surface area contributed by atoms with Gasteiger partial charge in [0.05, 0.1) is 5.69 Å². The van der Waals surface area contributed by atoms with E-state index in [4.69, 9.17) is 0 Å². The van der Waals surface area contributed by atoms with Crippen molar-refractivity contribution in [2.45, 2.75) is 19.6 Å². The summed E-state index contributed by atoms with van der Waals surface area (Å²) in [5, 5.41) is 9.06. The molecule has 0 saturated heterocycles. The Morgan fingerprint density at radius 2 is 2.14 bits per heavy atom. The summed E-state index contributed by atoms with van der Waals surface area (Å²) in [4.78, 5) is 2.49. The molecule has 0 aromatic carbocycles. The zero-order valence-corrected chi connectivity index (χ0v) is 13.1. The minimum Gasteiger partial charge on any atom is -0.353 e. The Morgan fingerprint density at radius 1 is 1.24 bits per heavy atom. The number of rotatable bonds is 2. The Bertz CT molecular complexity index is 766. The van der Waals surface area contributed by atoms with E-state index in [0.29, 0.717) is 0 Å². The van der Waals surface area contributed by atoms with Crippen molar-refractivity contribution in [3.8, 4) is 11.3 Å². The van der Waals surface area contributed by atoms with Crippen LogP contribution in [0.5, 0.6) is 0 Å². The van der Waals surface area contributed by atoms with Crippen LogP contribution < -0.4 is 0 Å². The largest absolute Gasteiger partial charge is 0.353 e. The molecule has 0 spiro atoms. The SMILES string of the molecule is Cn1cc2c(n1)-c1ccn(C)c1CN(Cc1ccsc1)C2. The van der Waals surface area contributed by atoms with E-state index in [0.717, 1.165) is 25.3 Å². The number of aromatic nitrogens is 3. The number of hydrogen-bond acceptors (Lipinski definition) is 3. The summed E-state index contributed by atoms with van der Waals surface area (Å²) in [7, 11) is 4.12. The minimum atomic E-state index is 0.952. The molecule has 4 nitrogen and oxygen atoms in total. The van der Waals surface area contributed by atoms with Crippen LogP contribution in [0.2, 0.25) is 0 Å². The van der Waals surface area contributed by atoms with Gasteiger partial charge in [-0.25, -0.2) is 0 Å². The molecule has 1 aliphatic rings. The summed E-state index contributed by atoms with van der Waals surface area (Å²) in [6.45, 7) is 2.91. The molecule has 1 aliphatic heterocycles. The maximum Gasteiger partial charge on any atom is 0.0986 e. The second-order valence-electron chi connectivity index (χ2n) is 5.74. The lowest BCUT2D eigenvalue weighted by atomic mass is 10.1. The van der Waals surface area contributed by atoms with Crippen LogP contribution in [0.3, 0.4) is 0 Å². The molecule has 3 aromatic rings. The summed E-state index contributed by atoms with van der Waals surface area (Å²) in [5.74, 6) is 0. The topological polar surface area (TPSA) is 26.0 Å². The van der Waals surface area contributed by atoms with Gasteiger partial charge in [-0.3, -0.25) is 9.58 Å². The highest BCUT2D eigenvalue weighted by atomic mass is 32.1. The van der Waals surface area contributed by atoms with E-state index in [2.05, 4.69) is 56.9 Å². The molecule has 0 saturated carbocycles. The predicted octanol–water partition coefficient (Wildman–Crippen LogP) is 3.00. The highest BCUT2D eigenvalue weighted by Gasteiger charge is 2.24. The highest BCUT2D eigenvalue weighted by molar-refractivity contribution is 7.07. The van der Waals surface area contributed by atoms with Gasteiger partial charge >= 0.3 is 0 Å². The molecule has 0 atom stereocenters. The maximum atomic E-state index is 4.68. The predicted molar refractivity (Wildman–Crippen MR) is 84.9 cm³/mol. The third-order valence-corrected chi connectivity index (χ3v) is 4.85. The molecular weight excluding hydrogens is 280 g/mol. The normalized spacial score (nSPS) is 14.8. The Hall–Kier alpha value is -1.85. The van der Waals surface area contributed by atoms with Gasteiger partial charge in [-0.1, -0.05) is 0 Å². The lowest BCUT2D eigenvalue weighted by Gasteiger charge is -2.20. The molecule has 21 heavy (non-hydrogen) atoms. The van der Waals surface area contributed by atoms with Crippen molar-refractivity contribution < 1.29 is 0 Å². The monoisotopic (exact) mass is 298 g/mol. The Kier molecular flexibility index (Phi) is 2.97. The summed E-state index contributed by atoms with van der Waals surface area (Å²) in [5.41, 5.74) is 6.48. The molecule has 0 radical (unpaired) electrons. The van der Waals surface area contributed by atoms with Gasteiger partial charge in [0.1, 0.15) is 0 Å². The molecule has 0 N–H and O–H groups in total. The number of hydrogen-bond donors (Lipinski definition) is 0. The molecule has 0 aliphatic carbocycles. The average molecular weight is 298 g/mol. The van der Waals surface area contributed by atoms with E-state index >= 15 is 0 Å². The van der Waals surface area contributed by atoms with Crippen LogP contribution in [0.15, 0.2) is 35.3 Å². The summed E-state index contributed by atoms with van der Waals surface area (Å²) < 4.78 is 4.15. The first-order valence-corrected chi connectivity index (χ1v) is 8.05. The zero-order chi connectivity index (χ0) is 14.4. The fourth-order valence-electron chi connectivity index (χ4n) is 3.12. The van der Waals surface area contributed by atoms with Crippen molar-refractivity contribution in [3.05, 3.63) is 52.1 Å². The van der Waals surface area contributed by atoms with E-state index in [1.54, 1.807) is 11.3 Å². The van der Waals surface area contributed by atoms with Crippen LogP contribution in [0, 0.1) is 0 Å². The molecular formula is C16H18N4S. The number of thiophene rings is 1. The van der Waals surface area contributed by atoms with Crippen LogP contribution in [0.1, 0.15) is 16.8 Å². The fraction of sp³-hybridized carbons (Fsp3) is 0.312. The van der Waals surface area contributed by atoms with Crippen molar-refractivity contribution in [1.29, 1.82) is 0 Å². The fourth-order valence-corrected chi connectivity index (χ4v) is 3.78. The van der Waals surface area contributed by atoms with Crippen LogP contribution >= 0.6 is 11.3 Å². The summed E-state index contributed by atoms with van der Waals surface area (Å²) >= 11 is 1.77. The van der Waals surface area contributed by atoms with Gasteiger partial charge in [0.25, 0.3) is 0 Å². The van der Waals surface area contributed by atoms with Crippen LogP contribution in [-0.4, -0.2) is 19.2 Å². The first-order valence-electron chi connectivity index (χ1n) is 7.11. The zero-order valence-electron chi connectivity index (χ0n) is 12.3. The molecule has 0 fully saturated rings. The lowest BCUT2D eigenvalue weighted by molar-refractivity contribution is 0.245. The molecule has 0 unspecified atom stereocenters. The molecule has 4 heterocycles. The van der Waals surface area contributed by atoms with E-state index in [9.17, 15) is 0 Å². The Balaban J connectivity index is 1.76. The van der Waals surface area contributed by atoms with Gasteiger partial charge in [0.2, 0.25) is 0 Å². The van der Waals surface area contributed by atoms with Crippen molar-refractivity contribution in [1.82, 2.24) is 19.2 Å². The number of fused-ring (bicyclic) bond motifs is 3. The molecule has 3 aromatic heterocycles. The van der Waals surface area contributed by atoms with Gasteiger partial charge in [0.15, 0.2) is 0 Å². The summed E-state index contributed by atoms with van der Waals surface area (Å²) in [6.07, 6.45) is 4.29. The lowest BCUT2D eigenvalue weighted by Crippen LogP contribution is -2.22. The number of aryl methyl sites for hydroxylation is 2. The molecule has 0 bridgehead atoms. The standard InChI is InChI=1S/C16H18N4S/c1-18-5-3-14-15(18)10-20(7-12-4-6-21-11-12)9-13-8-19(2)17-16(13)14/h3-6,8,11H,7,9-10H2,1-2H3. The van der Waals surface area contributed by atoms with Crippen LogP contribution in [0.4, 0.5) is 0 Å². The quantitative estimate of drug-likeness (QED) is 0.727. The Morgan fingerprint density at radius 3 is 2.95 bits per heavy atom. The van der Waals surface area contributed by atoms with Crippen molar-refractivity contribution >= 4 is 11.3 Å². The number of nitrogens with zero attached hydrogens (tertiary/aromatic N) is 4. The van der Waals surface area contributed by atoms with Gasteiger partial charge in [-0.05, 0) is 28.5 Å². The maximum absolute atomic E-state index is 4.68. The molecule has 4 rings (SSSR count). The third kappa shape index (κ3) is 2.22. The average Bonchev–Trinajstić information content (AvgIpc) is 3.12. The van der Waals surface area contributed by atoms with Crippen molar-refractivity contribution in [3.63, 3.8) is 0 Å². The van der Waals surface area contributed by atoms with Gasteiger partial charge < -0.3 is 4.57 Å². The minimum absolute atomic E-state index is 0.952. The van der Waals surface area contributed by atoms with Crippen molar-refractivity contribution in [2.75, 3.05) is 0 Å². The van der Waals surface area contributed by atoms with E-state index in [1.165, 1.54) is 22.4 Å². The second-order valence-corrected chi connectivity index (χ2v) is 6.52. The Labute approximate surface area is 128 Å². The van der Waals surface area contributed by atoms with Gasteiger partial charge in [0, 0.05) is 62.9 Å². The first-order chi connectivity index (χ1) is 10.2. The molecule has 0 amide bonds. The van der Waals surface area contributed by atoms with E-state index in [-0.39, 0.29) is 0 Å². The van der Waals surface area contributed by atoms with E-state index < -0.39 is 0 Å². The molecule has 108 valence electrons. The highest BCUT2D eigenvalue weighted by Crippen LogP contribution is 2.32. The van der Waals surface area contributed by atoms with Gasteiger partial charge in [-0.15, -0.1) is 0 Å². The van der Waals surface area contributed by atoms with E-state index in [1.807, 2.05) is 11.7 Å². The second kappa shape index (κ2) is 4.86. The van der Waals surface area contributed by atoms with Crippen LogP contribution in [-0.2, 0) is 33.7 Å². The third-order valence-electron chi connectivity index (χ3n) is 4.11. The first kappa shape index (κ1) is 12.9. The van der Waals surface area contributed by atoms with Gasteiger partial charge in [-0.2, -0.15) is 16.4 Å².